The van der Waals surface area contributed by atoms with Gasteiger partial charge in [0.15, 0.2) is 5.96 Å². The van der Waals surface area contributed by atoms with Crippen molar-refractivity contribution < 1.29 is 14.7 Å². The number of guanidine groups is 1. The number of nitrogens with two attached hydrogens (primary N) is 1. The van der Waals surface area contributed by atoms with Crippen LogP contribution >= 0.6 is 24.0 Å². The van der Waals surface area contributed by atoms with Crippen molar-refractivity contribution in [3.63, 3.8) is 0 Å². The third-order valence-corrected chi connectivity index (χ3v) is 4.30. The molecular formula is C21H36IN5O3. The number of aliphatic imine (C=N–C) groups is 1. The van der Waals surface area contributed by atoms with E-state index in [1.807, 2.05) is 19.1 Å². The van der Waals surface area contributed by atoms with Crippen molar-refractivity contribution in [1.29, 1.82) is 0 Å². The third kappa shape index (κ3) is 12.0. The second kappa shape index (κ2) is 15.9. The largest absolute Gasteiger partial charge is 0.396 e. The van der Waals surface area contributed by atoms with Crippen LogP contribution in [0.3, 0.4) is 0 Å². The van der Waals surface area contributed by atoms with Crippen LogP contribution in [0.1, 0.15) is 49.5 Å². The Bertz CT molecular complexity index is 665. The minimum absolute atomic E-state index is 0. The molecular weight excluding hydrogens is 497 g/mol. The molecule has 2 amide bonds. The van der Waals surface area contributed by atoms with Crippen LogP contribution in [0.4, 0.5) is 0 Å². The highest BCUT2D eigenvalue weighted by Gasteiger charge is 2.11. The number of hydrogen-bond acceptors (Lipinski definition) is 4. The Morgan fingerprint density at radius 1 is 1.13 bits per heavy atom. The quantitative estimate of drug-likeness (QED) is 0.159. The molecule has 1 rings (SSSR count). The van der Waals surface area contributed by atoms with Gasteiger partial charge in [-0.15, -0.1) is 24.0 Å². The standard InChI is InChI=1S/C21H35N5O3.HI/c1-4-23-21(26-13-17(9-10-27)11-15(2)3)25-12-16-5-7-18(8-6-16)20(29)24-14-19(22)28;/h5-8,15,17,27H,4,9-14H2,1-3H3,(H2,22,28)(H,24,29)(H2,23,25,26);1H. The van der Waals surface area contributed by atoms with E-state index in [-0.39, 0.29) is 43.0 Å². The van der Waals surface area contributed by atoms with E-state index >= 15 is 0 Å². The summed E-state index contributed by atoms with van der Waals surface area (Å²) in [5.41, 5.74) is 6.45. The monoisotopic (exact) mass is 533 g/mol. The van der Waals surface area contributed by atoms with Crippen LogP contribution in [0.5, 0.6) is 0 Å². The van der Waals surface area contributed by atoms with E-state index < -0.39 is 5.91 Å². The summed E-state index contributed by atoms with van der Waals surface area (Å²) in [4.78, 5) is 27.2. The summed E-state index contributed by atoms with van der Waals surface area (Å²) in [7, 11) is 0. The number of aliphatic hydroxyl groups is 1. The molecule has 0 saturated heterocycles. The molecule has 0 spiro atoms. The molecule has 0 aromatic heterocycles. The molecule has 0 heterocycles. The fraction of sp³-hybridized carbons (Fsp3) is 0.571. The molecule has 1 unspecified atom stereocenters. The van der Waals surface area contributed by atoms with Gasteiger partial charge in [-0.05, 0) is 49.3 Å². The van der Waals surface area contributed by atoms with E-state index in [9.17, 15) is 14.7 Å². The van der Waals surface area contributed by atoms with E-state index in [4.69, 9.17) is 5.73 Å². The predicted octanol–water partition coefficient (Wildman–Crippen LogP) is 1.62. The normalized spacial score (nSPS) is 12.1. The number of amides is 2. The number of nitrogens with zero attached hydrogens (tertiary/aromatic N) is 1. The highest BCUT2D eigenvalue weighted by molar-refractivity contribution is 14.0. The summed E-state index contributed by atoms with van der Waals surface area (Å²) >= 11 is 0. The minimum Gasteiger partial charge on any atom is -0.396 e. The molecule has 1 aromatic rings. The minimum atomic E-state index is -0.581. The maximum Gasteiger partial charge on any atom is 0.251 e. The van der Waals surface area contributed by atoms with Gasteiger partial charge in [0.25, 0.3) is 5.91 Å². The summed E-state index contributed by atoms with van der Waals surface area (Å²) in [6, 6.07) is 7.06. The van der Waals surface area contributed by atoms with Crippen LogP contribution in [0.25, 0.3) is 0 Å². The Kier molecular flexibility index (Phi) is 14.9. The van der Waals surface area contributed by atoms with Crippen LogP contribution in [0.2, 0.25) is 0 Å². The van der Waals surface area contributed by atoms with Gasteiger partial charge < -0.3 is 26.8 Å². The lowest BCUT2D eigenvalue weighted by Gasteiger charge is -2.20. The van der Waals surface area contributed by atoms with Gasteiger partial charge in [0.05, 0.1) is 13.1 Å². The summed E-state index contributed by atoms with van der Waals surface area (Å²) in [6.07, 6.45) is 1.82. The van der Waals surface area contributed by atoms with Gasteiger partial charge in [-0.1, -0.05) is 26.0 Å². The first-order chi connectivity index (χ1) is 13.8. The van der Waals surface area contributed by atoms with Crippen molar-refractivity contribution >= 4 is 41.8 Å². The molecule has 0 radical (unpaired) electrons. The van der Waals surface area contributed by atoms with Crippen LogP contribution < -0.4 is 21.7 Å². The SMILES string of the molecule is CCNC(=NCc1ccc(C(=O)NCC(N)=O)cc1)NCC(CCO)CC(C)C.I. The van der Waals surface area contributed by atoms with Gasteiger partial charge in [0.1, 0.15) is 0 Å². The average Bonchev–Trinajstić information content (AvgIpc) is 2.68. The Morgan fingerprint density at radius 3 is 2.33 bits per heavy atom. The van der Waals surface area contributed by atoms with Gasteiger partial charge in [-0.3, -0.25) is 9.59 Å². The molecule has 30 heavy (non-hydrogen) atoms. The maximum atomic E-state index is 11.9. The van der Waals surface area contributed by atoms with E-state index in [0.29, 0.717) is 23.9 Å². The number of benzene rings is 1. The Balaban J connectivity index is 0.00000841. The lowest BCUT2D eigenvalue weighted by atomic mass is 9.94. The predicted molar refractivity (Wildman–Crippen MR) is 131 cm³/mol. The van der Waals surface area contributed by atoms with Crippen molar-refractivity contribution in [2.24, 2.45) is 22.6 Å². The van der Waals surface area contributed by atoms with Crippen LogP contribution in [-0.4, -0.2) is 49.1 Å². The fourth-order valence-electron chi connectivity index (χ4n) is 2.94. The van der Waals surface area contributed by atoms with Gasteiger partial charge in [0, 0.05) is 25.3 Å². The molecule has 0 aliphatic carbocycles. The van der Waals surface area contributed by atoms with Gasteiger partial charge in [0.2, 0.25) is 5.91 Å². The summed E-state index contributed by atoms with van der Waals surface area (Å²) in [5, 5.41) is 18.3. The zero-order valence-electron chi connectivity index (χ0n) is 18.1. The number of halogens is 1. The summed E-state index contributed by atoms with van der Waals surface area (Å²) in [6.45, 7) is 8.35. The van der Waals surface area contributed by atoms with E-state index in [0.717, 1.165) is 37.5 Å². The zero-order valence-corrected chi connectivity index (χ0v) is 20.4. The van der Waals surface area contributed by atoms with Crippen LogP contribution in [0.15, 0.2) is 29.3 Å². The Hall–Kier alpha value is -1.88. The van der Waals surface area contributed by atoms with Crippen molar-refractivity contribution in [1.82, 2.24) is 16.0 Å². The third-order valence-electron chi connectivity index (χ3n) is 4.30. The fourth-order valence-corrected chi connectivity index (χ4v) is 2.94. The van der Waals surface area contributed by atoms with Crippen LogP contribution in [0, 0.1) is 11.8 Å². The molecule has 0 saturated carbocycles. The first-order valence-electron chi connectivity index (χ1n) is 10.1. The van der Waals surface area contributed by atoms with Gasteiger partial charge in [-0.25, -0.2) is 4.99 Å². The van der Waals surface area contributed by atoms with Crippen molar-refractivity contribution in [3.8, 4) is 0 Å². The average molecular weight is 533 g/mol. The summed E-state index contributed by atoms with van der Waals surface area (Å²) < 4.78 is 0. The number of carbonyl (C=O) groups excluding carboxylic acids is 2. The molecule has 6 N–H and O–H groups in total. The molecule has 170 valence electrons. The maximum absolute atomic E-state index is 11.9. The van der Waals surface area contributed by atoms with Gasteiger partial charge in [-0.2, -0.15) is 0 Å². The lowest BCUT2D eigenvalue weighted by molar-refractivity contribution is -0.117. The number of aliphatic hydroxyl groups excluding tert-OH is 1. The molecule has 0 aliphatic heterocycles. The molecule has 1 aromatic carbocycles. The van der Waals surface area contributed by atoms with Crippen LogP contribution in [-0.2, 0) is 11.3 Å². The smallest absolute Gasteiger partial charge is 0.251 e. The van der Waals surface area contributed by atoms with E-state index in [1.54, 1.807) is 12.1 Å². The summed E-state index contributed by atoms with van der Waals surface area (Å²) in [5.74, 6) is 0.771. The molecule has 0 bridgehead atoms. The Morgan fingerprint density at radius 2 is 1.80 bits per heavy atom. The molecule has 8 nitrogen and oxygen atoms in total. The number of nitrogens with one attached hydrogen (secondary N) is 3. The molecule has 0 fully saturated rings. The highest BCUT2D eigenvalue weighted by Crippen LogP contribution is 2.14. The van der Waals surface area contributed by atoms with Gasteiger partial charge >= 0.3 is 0 Å². The number of hydrogen-bond donors (Lipinski definition) is 5. The van der Waals surface area contributed by atoms with E-state index in [2.05, 4.69) is 34.8 Å². The van der Waals surface area contributed by atoms with Crippen molar-refractivity contribution in [2.75, 3.05) is 26.2 Å². The first kappa shape index (κ1) is 28.1. The second-order valence-corrected chi connectivity index (χ2v) is 7.43. The Labute approximate surface area is 196 Å². The molecule has 9 heteroatoms. The lowest BCUT2D eigenvalue weighted by Crippen LogP contribution is -2.40. The number of rotatable bonds is 12. The topological polar surface area (TPSA) is 129 Å². The second-order valence-electron chi connectivity index (χ2n) is 7.43. The zero-order chi connectivity index (χ0) is 21.6. The molecule has 1 atom stereocenters. The highest BCUT2D eigenvalue weighted by atomic mass is 127. The molecule has 0 aliphatic rings. The first-order valence-corrected chi connectivity index (χ1v) is 10.1. The van der Waals surface area contributed by atoms with E-state index in [1.165, 1.54) is 0 Å². The van der Waals surface area contributed by atoms with Crippen molar-refractivity contribution in [2.45, 2.75) is 40.2 Å². The van der Waals surface area contributed by atoms with Crippen molar-refractivity contribution in [3.05, 3.63) is 35.4 Å². The number of primary amides is 1. The number of carbonyl (C=O) groups is 2.